The molecule has 0 N–H and O–H groups in total. The molecule has 0 aromatic heterocycles. The Labute approximate surface area is 322 Å². The molecule has 3 heteroatoms. The topological polar surface area (TPSA) is 6.48 Å². The van der Waals surface area contributed by atoms with Crippen LogP contribution >= 0.6 is 0 Å². The second-order valence-corrected chi connectivity index (χ2v) is 17.8. The number of fused-ring (bicyclic) bond motifs is 4. The molecule has 256 valence electrons. The number of anilines is 6. The molecular formula is C47H55BN2. The lowest BCUT2D eigenvalue weighted by atomic mass is 9.33. The normalized spacial score (nSPS) is 18.6. The van der Waals surface area contributed by atoms with Crippen LogP contribution in [0.1, 0.15) is 130 Å². The molecule has 2 aliphatic rings. The van der Waals surface area contributed by atoms with Crippen LogP contribution < -0.4 is 26.2 Å². The van der Waals surface area contributed by atoms with Crippen molar-refractivity contribution >= 4 is 57.2 Å². The number of hydrogen-bond donors (Lipinski definition) is 0. The highest BCUT2D eigenvalue weighted by Crippen LogP contribution is 2.46. The summed E-state index contributed by atoms with van der Waals surface area (Å²) in [7, 11) is 0. The smallest absolute Gasteiger partial charge is 0.252 e. The fourth-order valence-electron chi connectivity index (χ4n) is 6.74. The number of nitrogens with zero attached hydrogens (tertiary/aromatic N) is 2. The summed E-state index contributed by atoms with van der Waals surface area (Å²) in [6, 6.07) is 4.26. The number of hydrogen-bond acceptors (Lipinski definition) is 2. The molecule has 0 unspecified atom stereocenters. The molecule has 0 aliphatic carbocycles. The molecule has 2 heterocycles. The van der Waals surface area contributed by atoms with Gasteiger partial charge in [0, 0.05) is 38.2 Å². The average Bonchev–Trinajstić information content (AvgIpc) is 3.15. The molecule has 0 amide bonds. The van der Waals surface area contributed by atoms with Gasteiger partial charge >= 0.3 is 0 Å². The molecule has 2 aliphatic heterocycles. The van der Waals surface area contributed by atoms with Gasteiger partial charge in [0.05, 0.1) is 15.1 Å². The van der Waals surface area contributed by atoms with Crippen LogP contribution in [0.2, 0.25) is 0 Å². The second kappa shape index (κ2) is 11.4. The minimum Gasteiger partial charge on any atom is -0.311 e. The number of para-hydroxylation sites is 1. The SMILES string of the molecule is [2H]c1c([2H])c([2H])c2c(c1[2H])B1c3c(cc(C([2H])([2H])[2H])cc3N(c3c([2H])c([2H])c(C(C)(C)C)c([2H])c3[2H])c3c([2H])c([2H])c(C(C)(C)C)c([2H])c31)N2c1cc(C(C)(C)C)cc(C(C)(C)C)c1. The minimum atomic E-state index is -2.80. The molecule has 7 rings (SSSR count). The van der Waals surface area contributed by atoms with E-state index >= 15 is 0 Å². The molecule has 0 fully saturated rings. The van der Waals surface area contributed by atoms with E-state index in [9.17, 15) is 12.3 Å². The lowest BCUT2D eigenvalue weighted by molar-refractivity contribution is 0.569. The Morgan fingerprint density at radius 2 is 0.980 bits per heavy atom. The number of aryl methyl sites for hydroxylation is 1. The maximum atomic E-state index is 10.1. The molecular weight excluding hydrogens is 603 g/mol. The molecule has 0 saturated heterocycles. The first kappa shape index (κ1) is 21.2. The van der Waals surface area contributed by atoms with E-state index in [-0.39, 0.29) is 85.7 Å². The Kier molecular flexibility index (Phi) is 4.83. The molecule has 5 aromatic rings. The van der Waals surface area contributed by atoms with Crippen LogP contribution in [0.5, 0.6) is 0 Å². The molecule has 0 saturated carbocycles. The van der Waals surface area contributed by atoms with Crippen molar-refractivity contribution < 1.29 is 19.2 Å². The minimum absolute atomic E-state index is 0.0207. The van der Waals surface area contributed by atoms with Crippen LogP contribution in [0.4, 0.5) is 34.1 Å². The van der Waals surface area contributed by atoms with Gasteiger partial charge in [0.1, 0.15) is 0 Å². The third-order valence-corrected chi connectivity index (χ3v) is 9.69. The van der Waals surface area contributed by atoms with Gasteiger partial charge in [-0.25, -0.2) is 0 Å². The van der Waals surface area contributed by atoms with Crippen LogP contribution in [-0.2, 0) is 21.7 Å². The van der Waals surface area contributed by atoms with Crippen LogP contribution in [0.25, 0.3) is 0 Å². The van der Waals surface area contributed by atoms with Gasteiger partial charge in [-0.1, -0.05) is 131 Å². The summed E-state index contributed by atoms with van der Waals surface area (Å²) in [5.41, 5.74) is -0.00931. The van der Waals surface area contributed by atoms with Gasteiger partial charge in [0.25, 0.3) is 6.71 Å². The largest absolute Gasteiger partial charge is 0.311 e. The van der Waals surface area contributed by atoms with Crippen molar-refractivity contribution in [2.45, 2.75) is 112 Å². The molecule has 0 radical (unpaired) electrons. The van der Waals surface area contributed by atoms with E-state index in [1.807, 2.05) is 12.1 Å². The van der Waals surface area contributed by atoms with E-state index in [0.29, 0.717) is 5.69 Å². The van der Waals surface area contributed by atoms with Crippen LogP contribution in [-0.4, -0.2) is 6.71 Å². The predicted molar refractivity (Wildman–Crippen MR) is 220 cm³/mol. The van der Waals surface area contributed by atoms with Crippen LogP contribution in [0, 0.1) is 6.85 Å². The summed E-state index contributed by atoms with van der Waals surface area (Å²) in [4.78, 5) is 2.97. The highest BCUT2D eigenvalue weighted by atomic mass is 15.2. The third-order valence-electron chi connectivity index (χ3n) is 9.69. The Bertz CT molecular complexity index is 2780. The van der Waals surface area contributed by atoms with Crippen LogP contribution in [0.3, 0.4) is 0 Å². The Morgan fingerprint density at radius 1 is 0.480 bits per heavy atom. The zero-order valence-corrected chi connectivity index (χ0v) is 31.4. The first-order valence-corrected chi connectivity index (χ1v) is 17.3. The predicted octanol–water partition coefficient (Wildman–Crippen LogP) is 11.3. The Balaban J connectivity index is 1.83. The van der Waals surface area contributed by atoms with Crippen molar-refractivity contribution in [3.05, 3.63) is 125 Å². The quantitative estimate of drug-likeness (QED) is 0.169. The molecule has 0 spiro atoms. The van der Waals surface area contributed by atoms with Gasteiger partial charge in [-0.3, -0.25) is 0 Å². The number of benzene rings is 5. The first-order chi connectivity index (χ1) is 29.0. The highest BCUT2D eigenvalue weighted by molar-refractivity contribution is 7.00. The fourth-order valence-corrected chi connectivity index (χ4v) is 6.74. The fraction of sp³-hybridized carbons (Fsp3) is 0.362. The average molecular weight is 673 g/mol. The maximum Gasteiger partial charge on any atom is 0.252 e. The molecule has 0 atom stereocenters. The van der Waals surface area contributed by atoms with E-state index < -0.39 is 77.5 Å². The zero-order chi connectivity index (χ0) is 48.2. The molecule has 5 aromatic carbocycles. The summed E-state index contributed by atoms with van der Waals surface area (Å²) in [5.74, 6) is 0. The zero-order valence-electron chi connectivity index (χ0n) is 45.4. The van der Waals surface area contributed by atoms with Crippen molar-refractivity contribution in [3.63, 3.8) is 0 Å². The summed E-state index contributed by atoms with van der Waals surface area (Å²) >= 11 is 0. The standard InChI is InChI=1S/C47H55BN2/c1-30-24-41-43-42(25-30)50(36-27-33(46(8,9)10)26-34(28-36)47(11,12)13)39-17-15-14-16-37(39)48(43)38-29-32(45(5,6)7)20-23-40(38)49(41)35-21-18-31(19-22-35)44(2,3)4/h14-29H,1-13H3/i1D3,14D,15D,16D,17D,18D,19D,20D,21D,22D,23D,29D. The Hall–Kier alpha value is -4.24. The van der Waals surface area contributed by atoms with Crippen LogP contribution in [0.15, 0.2) is 96.8 Å². The van der Waals surface area contributed by atoms with Gasteiger partial charge in [-0.05, 0) is 121 Å². The maximum absolute atomic E-state index is 10.1. The summed E-state index contributed by atoms with van der Waals surface area (Å²) < 4.78 is 131. The van der Waals surface area contributed by atoms with Crippen molar-refractivity contribution in [1.29, 1.82) is 0 Å². The van der Waals surface area contributed by atoms with E-state index in [1.165, 1.54) is 17.0 Å². The summed E-state index contributed by atoms with van der Waals surface area (Å²) in [5, 5.41) is 0. The molecule has 2 nitrogen and oxygen atoms in total. The van der Waals surface area contributed by atoms with Crippen molar-refractivity contribution in [2.75, 3.05) is 9.80 Å². The van der Waals surface area contributed by atoms with Gasteiger partial charge < -0.3 is 9.80 Å². The summed E-state index contributed by atoms with van der Waals surface area (Å²) in [6.45, 7) is 19.0. The number of rotatable bonds is 2. The van der Waals surface area contributed by atoms with Gasteiger partial charge in [-0.2, -0.15) is 0 Å². The van der Waals surface area contributed by atoms with E-state index in [4.69, 9.17) is 6.85 Å². The first-order valence-electron chi connectivity index (χ1n) is 24.3. The Morgan fingerprint density at radius 3 is 1.52 bits per heavy atom. The van der Waals surface area contributed by atoms with Crippen molar-refractivity contribution in [3.8, 4) is 0 Å². The lowest BCUT2D eigenvalue weighted by Gasteiger charge is -2.45. The van der Waals surface area contributed by atoms with E-state index in [2.05, 4.69) is 47.6 Å². The van der Waals surface area contributed by atoms with E-state index in [0.717, 1.165) is 11.1 Å². The van der Waals surface area contributed by atoms with Gasteiger partial charge in [-0.15, -0.1) is 0 Å². The second-order valence-electron chi connectivity index (χ2n) is 17.8. The molecule has 50 heavy (non-hydrogen) atoms. The summed E-state index contributed by atoms with van der Waals surface area (Å²) in [6.07, 6.45) is 0. The lowest BCUT2D eigenvalue weighted by Crippen LogP contribution is -2.61. The molecule has 0 bridgehead atoms. The van der Waals surface area contributed by atoms with Gasteiger partial charge in [0.15, 0.2) is 0 Å². The van der Waals surface area contributed by atoms with E-state index in [1.54, 1.807) is 46.4 Å². The monoisotopic (exact) mass is 673 g/mol. The van der Waals surface area contributed by atoms with Gasteiger partial charge in [0.2, 0.25) is 0 Å². The van der Waals surface area contributed by atoms with Crippen molar-refractivity contribution in [1.82, 2.24) is 0 Å². The highest BCUT2D eigenvalue weighted by Gasteiger charge is 2.44. The third kappa shape index (κ3) is 5.77. The van der Waals surface area contributed by atoms with Crippen molar-refractivity contribution in [2.24, 2.45) is 0 Å².